The smallest absolute Gasteiger partial charge is 0.119 e. The van der Waals surface area contributed by atoms with E-state index in [2.05, 4.69) is 31.2 Å². The summed E-state index contributed by atoms with van der Waals surface area (Å²) in [5, 5.41) is 0. The maximum atomic E-state index is 6.55. The Morgan fingerprint density at radius 3 is 2.32 bits per heavy atom. The average Bonchev–Trinajstić information content (AvgIpc) is 2.47. The van der Waals surface area contributed by atoms with E-state index >= 15 is 0 Å². The normalized spacial score (nSPS) is 13.9. The minimum absolute atomic E-state index is 0.514. The number of hydrogen-bond donors (Lipinski definition) is 1. The third-order valence-electron chi connectivity index (χ3n) is 3.60. The van der Waals surface area contributed by atoms with Crippen molar-refractivity contribution in [2.45, 2.75) is 25.8 Å². The van der Waals surface area contributed by atoms with E-state index in [9.17, 15) is 0 Å². The lowest BCUT2D eigenvalue weighted by Gasteiger charge is -2.27. The highest BCUT2D eigenvalue weighted by atomic mass is 16.5. The van der Waals surface area contributed by atoms with Crippen molar-refractivity contribution < 1.29 is 4.74 Å². The van der Waals surface area contributed by atoms with Crippen LogP contribution in [0.4, 0.5) is 0 Å². The van der Waals surface area contributed by atoms with Crippen molar-refractivity contribution in [3.05, 3.63) is 65.2 Å². The second-order valence-corrected chi connectivity index (χ2v) is 4.99. The molecule has 1 atom stereocenters. The Labute approximate surface area is 115 Å². The molecule has 19 heavy (non-hydrogen) atoms. The Balaban J connectivity index is 2.44. The summed E-state index contributed by atoms with van der Waals surface area (Å²) in [6, 6.07) is 16.4. The van der Waals surface area contributed by atoms with Crippen molar-refractivity contribution in [2.24, 2.45) is 5.73 Å². The Morgan fingerprint density at radius 2 is 1.68 bits per heavy atom. The Morgan fingerprint density at radius 1 is 1.05 bits per heavy atom. The summed E-state index contributed by atoms with van der Waals surface area (Å²) >= 11 is 0. The first-order chi connectivity index (χ1) is 9.07. The second kappa shape index (κ2) is 5.45. The fourth-order valence-corrected chi connectivity index (χ4v) is 2.23. The molecule has 2 nitrogen and oxygen atoms in total. The first kappa shape index (κ1) is 13.6. The summed E-state index contributed by atoms with van der Waals surface area (Å²) in [5.41, 5.74) is 9.52. The predicted molar refractivity (Wildman–Crippen MR) is 79.5 cm³/mol. The van der Waals surface area contributed by atoms with Crippen LogP contribution in [0.15, 0.2) is 48.5 Å². The van der Waals surface area contributed by atoms with Gasteiger partial charge in [-0.3, -0.25) is 0 Å². The van der Waals surface area contributed by atoms with Gasteiger partial charge in [-0.05, 0) is 42.2 Å². The zero-order valence-electron chi connectivity index (χ0n) is 11.8. The van der Waals surface area contributed by atoms with Crippen molar-refractivity contribution in [1.29, 1.82) is 0 Å². The van der Waals surface area contributed by atoms with Gasteiger partial charge in [0.25, 0.3) is 0 Å². The fourth-order valence-electron chi connectivity index (χ4n) is 2.23. The van der Waals surface area contributed by atoms with Gasteiger partial charge in [0.2, 0.25) is 0 Å². The van der Waals surface area contributed by atoms with Gasteiger partial charge in [0.05, 0.1) is 12.6 Å². The maximum absolute atomic E-state index is 6.55. The highest BCUT2D eigenvalue weighted by Gasteiger charge is 2.24. The molecule has 2 rings (SSSR count). The lowest BCUT2D eigenvalue weighted by Crippen LogP contribution is -2.34. The summed E-state index contributed by atoms with van der Waals surface area (Å²) in [5.74, 6) is 0.834. The van der Waals surface area contributed by atoms with Gasteiger partial charge in [-0.1, -0.05) is 43.3 Å². The van der Waals surface area contributed by atoms with E-state index in [1.165, 1.54) is 5.56 Å². The van der Waals surface area contributed by atoms with Crippen LogP contribution in [0.25, 0.3) is 0 Å². The molecule has 0 bridgehead atoms. The van der Waals surface area contributed by atoms with Crippen molar-refractivity contribution in [1.82, 2.24) is 0 Å². The molecule has 0 aliphatic heterocycles. The molecular formula is C17H21NO. The van der Waals surface area contributed by atoms with E-state index in [-0.39, 0.29) is 0 Å². The van der Waals surface area contributed by atoms with Crippen molar-refractivity contribution in [3.8, 4) is 5.75 Å². The van der Waals surface area contributed by atoms with Gasteiger partial charge in [0.1, 0.15) is 5.75 Å². The average molecular weight is 255 g/mol. The van der Waals surface area contributed by atoms with E-state index in [0.29, 0.717) is 0 Å². The minimum Gasteiger partial charge on any atom is -0.497 e. The van der Waals surface area contributed by atoms with E-state index in [4.69, 9.17) is 10.5 Å². The number of methoxy groups -OCH3 is 1. The minimum atomic E-state index is -0.514. The molecule has 2 heteroatoms. The van der Waals surface area contributed by atoms with Crippen LogP contribution in [-0.4, -0.2) is 7.11 Å². The molecular weight excluding hydrogens is 234 g/mol. The third-order valence-corrected chi connectivity index (χ3v) is 3.60. The number of rotatable bonds is 4. The number of benzene rings is 2. The van der Waals surface area contributed by atoms with Gasteiger partial charge < -0.3 is 10.5 Å². The molecule has 0 radical (unpaired) electrons. The van der Waals surface area contributed by atoms with E-state index < -0.39 is 5.54 Å². The summed E-state index contributed by atoms with van der Waals surface area (Å²) in [4.78, 5) is 0. The zero-order chi connectivity index (χ0) is 13.9. The van der Waals surface area contributed by atoms with Gasteiger partial charge in [-0.2, -0.15) is 0 Å². The van der Waals surface area contributed by atoms with Gasteiger partial charge in [-0.15, -0.1) is 0 Å². The number of ether oxygens (including phenoxy) is 1. The van der Waals surface area contributed by atoms with Crippen LogP contribution >= 0.6 is 0 Å². The molecule has 0 saturated carbocycles. The van der Waals surface area contributed by atoms with E-state index in [0.717, 1.165) is 23.3 Å². The van der Waals surface area contributed by atoms with Gasteiger partial charge in [0, 0.05) is 0 Å². The number of aryl methyl sites for hydroxylation is 1. The summed E-state index contributed by atoms with van der Waals surface area (Å²) in [6.07, 6.45) is 1.02. The summed E-state index contributed by atoms with van der Waals surface area (Å²) in [6.45, 7) is 4.19. The monoisotopic (exact) mass is 255 g/mol. The lowest BCUT2D eigenvalue weighted by atomic mass is 9.84. The molecule has 0 amide bonds. The molecule has 0 fully saturated rings. The molecule has 2 N–H and O–H groups in total. The molecule has 100 valence electrons. The predicted octanol–water partition coefficient (Wildman–Crippen LogP) is 3.48. The molecule has 1 unspecified atom stereocenters. The largest absolute Gasteiger partial charge is 0.497 e. The highest BCUT2D eigenvalue weighted by molar-refractivity contribution is 5.41. The molecule has 0 aliphatic rings. The van der Waals surface area contributed by atoms with Crippen LogP contribution in [-0.2, 0) is 12.0 Å². The summed E-state index contributed by atoms with van der Waals surface area (Å²) in [7, 11) is 1.67. The molecule has 2 aromatic carbocycles. The van der Waals surface area contributed by atoms with Crippen molar-refractivity contribution in [3.63, 3.8) is 0 Å². The fraction of sp³-hybridized carbons (Fsp3) is 0.294. The molecule has 0 aromatic heterocycles. The standard InChI is InChI=1S/C17H21NO/c1-4-13-7-5-8-14(11-13)17(2,18)15-9-6-10-16(12-15)19-3/h5-12H,4,18H2,1-3H3. The van der Waals surface area contributed by atoms with E-state index in [1.807, 2.05) is 31.2 Å². The Hall–Kier alpha value is -1.80. The first-order valence-corrected chi connectivity index (χ1v) is 6.60. The first-order valence-electron chi connectivity index (χ1n) is 6.60. The van der Waals surface area contributed by atoms with Crippen molar-refractivity contribution >= 4 is 0 Å². The summed E-state index contributed by atoms with van der Waals surface area (Å²) < 4.78 is 5.28. The van der Waals surface area contributed by atoms with Gasteiger partial charge in [0.15, 0.2) is 0 Å². The maximum Gasteiger partial charge on any atom is 0.119 e. The lowest BCUT2D eigenvalue weighted by molar-refractivity contribution is 0.413. The highest BCUT2D eigenvalue weighted by Crippen LogP contribution is 2.29. The third kappa shape index (κ3) is 2.79. The number of nitrogens with two attached hydrogens (primary N) is 1. The van der Waals surface area contributed by atoms with Crippen LogP contribution in [0.2, 0.25) is 0 Å². The topological polar surface area (TPSA) is 35.2 Å². The van der Waals surface area contributed by atoms with Crippen LogP contribution in [0.5, 0.6) is 5.75 Å². The molecule has 0 heterocycles. The SMILES string of the molecule is CCc1cccc(C(C)(N)c2cccc(OC)c2)c1. The Kier molecular flexibility index (Phi) is 3.91. The van der Waals surface area contributed by atoms with Gasteiger partial charge >= 0.3 is 0 Å². The number of hydrogen-bond acceptors (Lipinski definition) is 2. The van der Waals surface area contributed by atoms with Crippen LogP contribution in [0.1, 0.15) is 30.5 Å². The van der Waals surface area contributed by atoms with Crippen LogP contribution in [0.3, 0.4) is 0 Å². The Bertz CT molecular complexity index is 511. The van der Waals surface area contributed by atoms with Crippen LogP contribution < -0.4 is 10.5 Å². The molecule has 0 saturated heterocycles. The van der Waals surface area contributed by atoms with Gasteiger partial charge in [-0.25, -0.2) is 0 Å². The molecule has 0 spiro atoms. The van der Waals surface area contributed by atoms with Crippen molar-refractivity contribution in [2.75, 3.05) is 7.11 Å². The van der Waals surface area contributed by atoms with E-state index in [1.54, 1.807) is 7.11 Å². The quantitative estimate of drug-likeness (QED) is 0.907. The second-order valence-electron chi connectivity index (χ2n) is 4.99. The zero-order valence-corrected chi connectivity index (χ0v) is 11.8. The molecule has 0 aliphatic carbocycles. The van der Waals surface area contributed by atoms with Crippen LogP contribution in [0, 0.1) is 0 Å². The molecule has 2 aromatic rings.